The topological polar surface area (TPSA) is 128 Å². The highest BCUT2D eigenvalue weighted by atomic mass is 16.5. The summed E-state index contributed by atoms with van der Waals surface area (Å²) in [5, 5.41) is 17.4. The molecule has 0 unspecified atom stereocenters. The third-order valence-corrected chi connectivity index (χ3v) is 4.84. The van der Waals surface area contributed by atoms with Crippen LogP contribution in [0.5, 0.6) is 0 Å². The first-order valence-electron chi connectivity index (χ1n) is 9.49. The molecule has 0 heterocycles. The Balaban J connectivity index is 1.80. The summed E-state index contributed by atoms with van der Waals surface area (Å²) < 4.78 is 5.11. The highest BCUT2D eigenvalue weighted by Gasteiger charge is 2.33. The van der Waals surface area contributed by atoms with Crippen molar-refractivity contribution in [2.45, 2.75) is 12.8 Å². The first kappa shape index (κ1) is 21.4. The molecule has 0 spiro atoms. The molecule has 3 rings (SSSR count). The van der Waals surface area contributed by atoms with Gasteiger partial charge in [-0.3, -0.25) is 14.4 Å². The minimum absolute atomic E-state index is 0.0468. The third-order valence-electron chi connectivity index (χ3n) is 4.84. The summed E-state index contributed by atoms with van der Waals surface area (Å²) in [6.07, 6.45) is 0.153. The lowest BCUT2D eigenvalue weighted by Crippen LogP contribution is -2.36. The van der Waals surface area contributed by atoms with E-state index in [4.69, 9.17) is 15.3 Å². The lowest BCUT2D eigenvalue weighted by Gasteiger charge is -2.21. The van der Waals surface area contributed by atoms with Gasteiger partial charge in [0.1, 0.15) is 0 Å². The van der Waals surface area contributed by atoms with Gasteiger partial charge in [-0.2, -0.15) is 10.5 Å². The van der Waals surface area contributed by atoms with Crippen molar-refractivity contribution in [3.8, 4) is 12.1 Å². The van der Waals surface area contributed by atoms with Crippen molar-refractivity contribution in [1.82, 2.24) is 4.90 Å². The molecular weight excluding hydrogens is 398 g/mol. The number of fused-ring (bicyclic) bond motifs is 2. The van der Waals surface area contributed by atoms with Crippen LogP contribution in [0.25, 0.3) is 0 Å². The highest BCUT2D eigenvalue weighted by molar-refractivity contribution is 6.30. The SMILES string of the molecule is N#CCCN(CCC#N)C(=O)COC(=O)c1cccc2c1C(=O)c1ccccc1C2=O. The van der Waals surface area contributed by atoms with E-state index in [2.05, 4.69) is 0 Å². The van der Waals surface area contributed by atoms with E-state index in [1.807, 2.05) is 12.1 Å². The number of ether oxygens (including phenoxy) is 1. The molecule has 1 aliphatic carbocycles. The Morgan fingerprint density at radius 2 is 1.42 bits per heavy atom. The lowest BCUT2D eigenvalue weighted by molar-refractivity contribution is -0.134. The second-order valence-corrected chi connectivity index (χ2v) is 6.71. The van der Waals surface area contributed by atoms with Crippen LogP contribution in [0, 0.1) is 22.7 Å². The number of nitriles is 2. The minimum atomic E-state index is -0.911. The molecule has 0 fully saturated rings. The van der Waals surface area contributed by atoms with E-state index < -0.39 is 24.3 Å². The largest absolute Gasteiger partial charge is 0.452 e. The van der Waals surface area contributed by atoms with Gasteiger partial charge in [0.05, 0.1) is 30.5 Å². The highest BCUT2D eigenvalue weighted by Crippen LogP contribution is 2.29. The van der Waals surface area contributed by atoms with E-state index in [0.29, 0.717) is 0 Å². The summed E-state index contributed by atoms with van der Waals surface area (Å²) in [5.41, 5.74) is 0.434. The van der Waals surface area contributed by atoms with Crippen molar-refractivity contribution in [2.75, 3.05) is 19.7 Å². The monoisotopic (exact) mass is 415 g/mol. The molecule has 0 atom stereocenters. The van der Waals surface area contributed by atoms with Crippen LogP contribution >= 0.6 is 0 Å². The van der Waals surface area contributed by atoms with Gasteiger partial charge in [-0.05, 0) is 6.07 Å². The maximum atomic E-state index is 13.0. The predicted octanol–water partition coefficient (Wildman–Crippen LogP) is 2.27. The van der Waals surface area contributed by atoms with Crippen LogP contribution in [0.15, 0.2) is 42.5 Å². The van der Waals surface area contributed by atoms with E-state index in [9.17, 15) is 19.2 Å². The summed E-state index contributed by atoms with van der Waals surface area (Å²) in [6, 6.07) is 14.5. The number of carbonyl (C=O) groups is 4. The zero-order valence-electron chi connectivity index (χ0n) is 16.5. The first-order chi connectivity index (χ1) is 15.0. The van der Waals surface area contributed by atoms with Crippen LogP contribution in [0.1, 0.15) is 55.0 Å². The quantitative estimate of drug-likeness (QED) is 0.541. The fraction of sp³-hybridized carbons (Fsp3) is 0.217. The van der Waals surface area contributed by atoms with E-state index in [1.165, 1.54) is 29.2 Å². The number of rotatable bonds is 7. The van der Waals surface area contributed by atoms with Gasteiger partial charge in [0.2, 0.25) is 0 Å². The lowest BCUT2D eigenvalue weighted by atomic mass is 9.82. The van der Waals surface area contributed by atoms with E-state index in [1.54, 1.807) is 18.2 Å². The van der Waals surface area contributed by atoms with Gasteiger partial charge in [0.15, 0.2) is 18.2 Å². The standard InChI is InChI=1S/C23H17N3O5/c24-10-4-12-26(13-5-11-25)19(27)14-31-23(30)18-9-3-8-17-20(18)22(29)16-7-2-1-6-15(16)21(17)28/h1-3,6-9H,4-5,12-14H2. The molecule has 0 saturated carbocycles. The summed E-state index contributed by atoms with van der Waals surface area (Å²) in [7, 11) is 0. The van der Waals surface area contributed by atoms with Crippen molar-refractivity contribution in [1.29, 1.82) is 10.5 Å². The summed E-state index contributed by atoms with van der Waals surface area (Å²) in [6.45, 7) is -0.393. The smallest absolute Gasteiger partial charge is 0.339 e. The van der Waals surface area contributed by atoms with Crippen LogP contribution in [0.3, 0.4) is 0 Å². The number of carbonyl (C=O) groups excluding carboxylic acids is 4. The zero-order valence-corrected chi connectivity index (χ0v) is 16.5. The zero-order chi connectivity index (χ0) is 22.4. The number of ketones is 2. The molecule has 0 aromatic heterocycles. The average Bonchev–Trinajstić information content (AvgIpc) is 2.80. The maximum Gasteiger partial charge on any atom is 0.339 e. The number of hydrogen-bond acceptors (Lipinski definition) is 7. The molecule has 8 heteroatoms. The van der Waals surface area contributed by atoms with Crippen LogP contribution < -0.4 is 0 Å². The minimum Gasteiger partial charge on any atom is -0.452 e. The summed E-state index contributed by atoms with van der Waals surface area (Å²) in [5.74, 6) is -2.30. The molecule has 0 radical (unpaired) electrons. The van der Waals surface area contributed by atoms with Crippen LogP contribution in [-0.2, 0) is 9.53 Å². The Morgan fingerprint density at radius 1 is 0.839 bits per heavy atom. The van der Waals surface area contributed by atoms with Crippen molar-refractivity contribution in [2.24, 2.45) is 0 Å². The fourth-order valence-electron chi connectivity index (χ4n) is 3.34. The molecule has 154 valence electrons. The van der Waals surface area contributed by atoms with Gasteiger partial charge >= 0.3 is 5.97 Å². The number of hydrogen-bond donors (Lipinski definition) is 0. The van der Waals surface area contributed by atoms with Gasteiger partial charge < -0.3 is 9.64 Å². The average molecular weight is 415 g/mol. The number of esters is 1. The van der Waals surface area contributed by atoms with Crippen LogP contribution in [-0.4, -0.2) is 48.0 Å². The molecule has 0 N–H and O–H groups in total. The van der Waals surface area contributed by atoms with Gasteiger partial charge in [-0.25, -0.2) is 4.79 Å². The Bertz CT molecular complexity index is 1140. The van der Waals surface area contributed by atoms with Gasteiger partial charge in [0, 0.05) is 35.3 Å². The third kappa shape index (κ3) is 4.34. The summed E-state index contributed by atoms with van der Waals surface area (Å²) >= 11 is 0. The van der Waals surface area contributed by atoms with Crippen molar-refractivity contribution < 1.29 is 23.9 Å². The fourth-order valence-corrected chi connectivity index (χ4v) is 3.34. The van der Waals surface area contributed by atoms with Crippen molar-refractivity contribution in [3.63, 3.8) is 0 Å². The van der Waals surface area contributed by atoms with Crippen LogP contribution in [0.4, 0.5) is 0 Å². The van der Waals surface area contributed by atoms with Crippen molar-refractivity contribution in [3.05, 3.63) is 70.3 Å². The Hall–Kier alpha value is -4.30. The van der Waals surface area contributed by atoms with E-state index in [0.717, 1.165) is 0 Å². The number of nitrogens with zero attached hydrogens (tertiary/aromatic N) is 3. The molecule has 0 bridgehead atoms. The molecule has 1 amide bonds. The van der Waals surface area contributed by atoms with Gasteiger partial charge in [0.25, 0.3) is 5.91 Å². The Labute approximate surface area is 178 Å². The Kier molecular flexibility index (Phi) is 6.54. The normalized spacial score (nSPS) is 11.5. The van der Waals surface area contributed by atoms with E-state index in [-0.39, 0.29) is 59.5 Å². The number of amides is 1. The maximum absolute atomic E-state index is 13.0. The molecular formula is C23H17N3O5. The van der Waals surface area contributed by atoms with Crippen molar-refractivity contribution >= 4 is 23.4 Å². The molecule has 1 aliphatic rings. The predicted molar refractivity (Wildman–Crippen MR) is 107 cm³/mol. The molecule has 2 aromatic rings. The Morgan fingerprint density at radius 3 is 2.03 bits per heavy atom. The second-order valence-electron chi connectivity index (χ2n) is 6.71. The van der Waals surface area contributed by atoms with Gasteiger partial charge in [-0.1, -0.05) is 36.4 Å². The summed E-state index contributed by atoms with van der Waals surface area (Å²) in [4.78, 5) is 52.0. The molecule has 2 aromatic carbocycles. The molecule has 0 aliphatic heterocycles. The second kappa shape index (κ2) is 9.47. The number of benzene rings is 2. The van der Waals surface area contributed by atoms with E-state index >= 15 is 0 Å². The van der Waals surface area contributed by atoms with Gasteiger partial charge in [-0.15, -0.1) is 0 Å². The first-order valence-corrected chi connectivity index (χ1v) is 9.49. The molecule has 8 nitrogen and oxygen atoms in total. The molecule has 0 saturated heterocycles. The van der Waals surface area contributed by atoms with Crippen LogP contribution in [0.2, 0.25) is 0 Å². The molecule has 31 heavy (non-hydrogen) atoms.